The summed E-state index contributed by atoms with van der Waals surface area (Å²) in [5.41, 5.74) is 0.851. The molecule has 136 valence electrons. The van der Waals surface area contributed by atoms with Gasteiger partial charge in [0, 0.05) is 23.8 Å². The van der Waals surface area contributed by atoms with Crippen molar-refractivity contribution in [1.82, 2.24) is 4.98 Å². The molecular weight excluding hydrogens is 419 g/mol. The topological polar surface area (TPSA) is 89.3 Å². The first-order valence-electron chi connectivity index (χ1n) is 7.23. The highest BCUT2D eigenvalue weighted by Gasteiger charge is 2.18. The van der Waals surface area contributed by atoms with Gasteiger partial charge >= 0.3 is 0 Å². The second kappa shape index (κ2) is 7.40. The number of nitrogens with zero attached hydrogens (tertiary/aromatic N) is 1. The number of anilines is 1. The van der Waals surface area contributed by atoms with E-state index in [0.29, 0.717) is 21.6 Å². The van der Waals surface area contributed by atoms with Crippen molar-refractivity contribution in [2.75, 3.05) is 11.6 Å². The van der Waals surface area contributed by atoms with E-state index in [-0.39, 0.29) is 10.9 Å². The number of furan rings is 1. The molecule has 10 heteroatoms. The Labute approximate surface area is 163 Å². The summed E-state index contributed by atoms with van der Waals surface area (Å²) in [7, 11) is -3.51. The van der Waals surface area contributed by atoms with E-state index in [9.17, 15) is 13.2 Å². The molecule has 2 aromatic heterocycles. The van der Waals surface area contributed by atoms with Crippen LogP contribution in [0.2, 0.25) is 10.0 Å². The molecule has 0 fully saturated rings. The largest absolute Gasteiger partial charge is 0.440 e. The molecule has 3 aromatic rings. The number of rotatable bonds is 5. The van der Waals surface area contributed by atoms with Gasteiger partial charge in [0.05, 0.1) is 10.0 Å². The van der Waals surface area contributed by atoms with Gasteiger partial charge in [0.25, 0.3) is 5.91 Å². The SMILES string of the molecule is CS(=O)(=O)c1ccc(C(=O)Nc2ncc(Cc3cccc(Cl)c3Cl)s2)o1. The van der Waals surface area contributed by atoms with Gasteiger partial charge < -0.3 is 4.42 Å². The molecule has 26 heavy (non-hydrogen) atoms. The smallest absolute Gasteiger partial charge is 0.293 e. The second-order valence-corrected chi connectivity index (χ2v) is 9.21. The molecule has 0 aliphatic carbocycles. The molecule has 0 atom stereocenters. The predicted octanol–water partition coefficient (Wildman–Crippen LogP) is 4.29. The maximum atomic E-state index is 12.1. The van der Waals surface area contributed by atoms with Gasteiger partial charge in [0.1, 0.15) is 0 Å². The van der Waals surface area contributed by atoms with Gasteiger partial charge in [-0.15, -0.1) is 11.3 Å². The molecule has 2 heterocycles. The second-order valence-electron chi connectivity index (χ2n) is 5.37. The summed E-state index contributed by atoms with van der Waals surface area (Å²) in [5, 5.41) is 3.63. The zero-order valence-electron chi connectivity index (χ0n) is 13.3. The number of benzene rings is 1. The van der Waals surface area contributed by atoms with Gasteiger partial charge in [0.2, 0.25) is 14.9 Å². The van der Waals surface area contributed by atoms with Crippen molar-refractivity contribution in [1.29, 1.82) is 0 Å². The molecule has 0 spiro atoms. The number of sulfone groups is 1. The number of hydrogen-bond acceptors (Lipinski definition) is 6. The molecule has 3 rings (SSSR count). The van der Waals surface area contributed by atoms with Crippen LogP contribution >= 0.6 is 34.5 Å². The van der Waals surface area contributed by atoms with Crippen LogP contribution in [0.4, 0.5) is 5.13 Å². The highest BCUT2D eigenvalue weighted by atomic mass is 35.5. The van der Waals surface area contributed by atoms with Crippen LogP contribution in [0.5, 0.6) is 0 Å². The lowest BCUT2D eigenvalue weighted by molar-refractivity contribution is 0.0991. The summed E-state index contributed by atoms with van der Waals surface area (Å²) in [6, 6.07) is 7.91. The fourth-order valence-corrected chi connectivity index (χ4v) is 3.89. The highest BCUT2D eigenvalue weighted by molar-refractivity contribution is 7.90. The number of thiazole rings is 1. The Morgan fingerprint density at radius 3 is 2.73 bits per heavy atom. The van der Waals surface area contributed by atoms with Crippen molar-refractivity contribution in [3.63, 3.8) is 0 Å². The first kappa shape index (κ1) is 18.9. The van der Waals surface area contributed by atoms with Crippen LogP contribution in [0.1, 0.15) is 21.0 Å². The van der Waals surface area contributed by atoms with E-state index in [1.54, 1.807) is 12.3 Å². The Morgan fingerprint density at radius 2 is 2.04 bits per heavy atom. The third kappa shape index (κ3) is 4.27. The number of aromatic nitrogens is 1. The first-order chi connectivity index (χ1) is 12.2. The lowest BCUT2D eigenvalue weighted by Gasteiger charge is -2.03. The quantitative estimate of drug-likeness (QED) is 0.651. The summed E-state index contributed by atoms with van der Waals surface area (Å²) >= 11 is 13.4. The van der Waals surface area contributed by atoms with E-state index in [4.69, 9.17) is 27.6 Å². The molecular formula is C16H12Cl2N2O4S2. The molecule has 1 amide bonds. The standard InChI is InChI=1S/C16H12Cl2N2O4S2/c1-26(22,23)13-6-5-12(24-13)15(21)20-16-19-8-10(25-16)7-9-3-2-4-11(17)14(9)18/h2-6,8H,7H2,1H3,(H,19,20,21). The molecule has 0 saturated heterocycles. The van der Waals surface area contributed by atoms with Crippen LogP contribution in [0.3, 0.4) is 0 Å². The normalized spacial score (nSPS) is 11.5. The molecule has 0 aliphatic heterocycles. The van der Waals surface area contributed by atoms with Crippen LogP contribution in [0.15, 0.2) is 46.0 Å². The molecule has 1 N–H and O–H groups in total. The fraction of sp³-hybridized carbons (Fsp3) is 0.125. The summed E-state index contributed by atoms with van der Waals surface area (Å²) < 4.78 is 27.9. The van der Waals surface area contributed by atoms with Crippen LogP contribution in [-0.2, 0) is 16.3 Å². The number of amides is 1. The minimum absolute atomic E-state index is 0.111. The molecule has 0 saturated carbocycles. The van der Waals surface area contributed by atoms with E-state index in [0.717, 1.165) is 16.7 Å². The van der Waals surface area contributed by atoms with Gasteiger partial charge in [0.15, 0.2) is 10.9 Å². The van der Waals surface area contributed by atoms with E-state index in [2.05, 4.69) is 10.3 Å². The third-order valence-corrected chi connectivity index (χ3v) is 6.06. The van der Waals surface area contributed by atoms with Crippen LogP contribution in [0.25, 0.3) is 0 Å². The zero-order chi connectivity index (χ0) is 18.9. The van der Waals surface area contributed by atoms with Crippen LogP contribution in [-0.4, -0.2) is 25.6 Å². The number of hydrogen-bond donors (Lipinski definition) is 1. The average molecular weight is 431 g/mol. The Kier molecular flexibility index (Phi) is 5.38. The van der Waals surface area contributed by atoms with Crippen molar-refractivity contribution in [2.45, 2.75) is 11.5 Å². The van der Waals surface area contributed by atoms with E-state index < -0.39 is 15.7 Å². The van der Waals surface area contributed by atoms with Gasteiger partial charge in [-0.1, -0.05) is 35.3 Å². The lowest BCUT2D eigenvalue weighted by atomic mass is 10.1. The summed E-state index contributed by atoms with van der Waals surface area (Å²) in [5.74, 6) is -0.693. The third-order valence-electron chi connectivity index (χ3n) is 3.34. The number of carbonyl (C=O) groups is 1. The monoisotopic (exact) mass is 430 g/mol. The van der Waals surface area contributed by atoms with Gasteiger partial charge in [-0.2, -0.15) is 0 Å². The molecule has 0 aliphatic rings. The molecule has 0 radical (unpaired) electrons. The minimum atomic E-state index is -3.51. The summed E-state index contributed by atoms with van der Waals surface area (Å²) in [6.07, 6.45) is 3.15. The van der Waals surface area contributed by atoms with Gasteiger partial charge in [-0.3, -0.25) is 10.1 Å². The maximum absolute atomic E-state index is 12.1. The van der Waals surface area contributed by atoms with Crippen molar-refractivity contribution < 1.29 is 17.6 Å². The molecule has 1 aromatic carbocycles. The molecule has 0 bridgehead atoms. The Balaban J connectivity index is 1.71. The van der Waals surface area contributed by atoms with Crippen LogP contribution < -0.4 is 5.32 Å². The van der Waals surface area contributed by atoms with E-state index in [1.807, 2.05) is 12.1 Å². The predicted molar refractivity (Wildman–Crippen MR) is 101 cm³/mol. The van der Waals surface area contributed by atoms with E-state index >= 15 is 0 Å². The molecule has 0 unspecified atom stereocenters. The van der Waals surface area contributed by atoms with Crippen molar-refractivity contribution >= 4 is 55.4 Å². The number of nitrogens with one attached hydrogen (secondary N) is 1. The molecule has 6 nitrogen and oxygen atoms in total. The zero-order valence-corrected chi connectivity index (χ0v) is 16.5. The number of halogens is 2. The Morgan fingerprint density at radius 1 is 1.27 bits per heavy atom. The van der Waals surface area contributed by atoms with Crippen LogP contribution in [0, 0.1) is 0 Å². The summed E-state index contributed by atoms with van der Waals surface area (Å²) in [6.45, 7) is 0. The maximum Gasteiger partial charge on any atom is 0.293 e. The highest BCUT2D eigenvalue weighted by Crippen LogP contribution is 2.29. The van der Waals surface area contributed by atoms with Gasteiger partial charge in [-0.05, 0) is 23.8 Å². The Bertz CT molecular complexity index is 1070. The van der Waals surface area contributed by atoms with Crippen molar-refractivity contribution in [3.05, 3.63) is 62.8 Å². The summed E-state index contributed by atoms with van der Waals surface area (Å²) in [4.78, 5) is 17.2. The van der Waals surface area contributed by atoms with Gasteiger partial charge in [-0.25, -0.2) is 13.4 Å². The fourth-order valence-electron chi connectivity index (χ4n) is 2.12. The average Bonchev–Trinajstić information content (AvgIpc) is 3.21. The van der Waals surface area contributed by atoms with Crippen molar-refractivity contribution in [2.24, 2.45) is 0 Å². The lowest BCUT2D eigenvalue weighted by Crippen LogP contribution is -2.10. The minimum Gasteiger partial charge on any atom is -0.440 e. The van der Waals surface area contributed by atoms with Crippen molar-refractivity contribution in [3.8, 4) is 0 Å². The first-order valence-corrected chi connectivity index (χ1v) is 10.7. The van der Waals surface area contributed by atoms with E-state index in [1.165, 1.54) is 23.5 Å². The Hall–Kier alpha value is -1.87. The number of carbonyl (C=O) groups excluding carboxylic acids is 1.